The highest BCUT2D eigenvalue weighted by Gasteiger charge is 1.97. The molecule has 0 amide bonds. The molecule has 0 aliphatic carbocycles. The summed E-state index contributed by atoms with van der Waals surface area (Å²) in [6.45, 7) is 2.11. The van der Waals surface area contributed by atoms with Crippen LogP contribution < -0.4 is 0 Å². The molecule has 54 valence electrons. The van der Waals surface area contributed by atoms with Crippen molar-refractivity contribution < 1.29 is 0 Å². The van der Waals surface area contributed by atoms with Gasteiger partial charge in [0.25, 0.3) is 0 Å². The summed E-state index contributed by atoms with van der Waals surface area (Å²) in [7, 11) is 0. The summed E-state index contributed by atoms with van der Waals surface area (Å²) in [5.74, 6) is 0. The zero-order chi connectivity index (χ0) is 7.56. The average Bonchev–Trinajstić information content (AvgIpc) is 1.95. The third-order valence-corrected chi connectivity index (χ3v) is 2.99. The van der Waals surface area contributed by atoms with Crippen molar-refractivity contribution in [2.45, 2.75) is 12.3 Å². The van der Waals surface area contributed by atoms with E-state index in [1.807, 2.05) is 6.07 Å². The molecule has 0 atom stereocenters. The smallest absolute Gasteiger partial charge is 0.0286 e. The molecule has 0 unspecified atom stereocenters. The van der Waals surface area contributed by atoms with Crippen LogP contribution in [0.1, 0.15) is 11.1 Å². The van der Waals surface area contributed by atoms with Crippen LogP contribution in [0.5, 0.6) is 0 Å². The van der Waals surface area contributed by atoms with Crippen molar-refractivity contribution in [3.63, 3.8) is 0 Å². The zero-order valence-corrected chi connectivity index (χ0v) is 8.87. The van der Waals surface area contributed by atoms with Gasteiger partial charge in [-0.25, -0.2) is 0 Å². The van der Waals surface area contributed by atoms with Crippen molar-refractivity contribution in [1.29, 1.82) is 0 Å². The molecule has 0 bridgehead atoms. The topological polar surface area (TPSA) is 0 Å². The summed E-state index contributed by atoms with van der Waals surface area (Å²) < 4.78 is 1.18. The highest BCUT2D eigenvalue weighted by Crippen LogP contribution is 2.20. The lowest BCUT2D eigenvalue weighted by molar-refractivity contribution is 1.30. The van der Waals surface area contributed by atoms with E-state index in [0.29, 0.717) is 0 Å². The zero-order valence-electron chi connectivity index (χ0n) is 5.70. The maximum atomic E-state index is 3.47. The summed E-state index contributed by atoms with van der Waals surface area (Å²) in [5.41, 5.74) is 2.66. The van der Waals surface area contributed by atoms with E-state index in [4.69, 9.17) is 0 Å². The van der Waals surface area contributed by atoms with Gasteiger partial charge >= 0.3 is 0 Å². The van der Waals surface area contributed by atoms with E-state index < -0.39 is 0 Å². The van der Waals surface area contributed by atoms with Gasteiger partial charge in [0.2, 0.25) is 0 Å². The van der Waals surface area contributed by atoms with Crippen molar-refractivity contribution in [3.05, 3.63) is 33.8 Å². The Hall–Kier alpha value is 0.180. The van der Waals surface area contributed by atoms with Gasteiger partial charge in [0, 0.05) is 9.80 Å². The van der Waals surface area contributed by atoms with E-state index in [0.717, 1.165) is 5.33 Å². The van der Waals surface area contributed by atoms with Crippen LogP contribution in [0.15, 0.2) is 22.7 Å². The van der Waals surface area contributed by atoms with Gasteiger partial charge in [0.1, 0.15) is 0 Å². The lowest BCUT2D eigenvalue weighted by Gasteiger charge is -2.02. The SMILES string of the molecule is Cc1c(Br)cccc1CBr. The van der Waals surface area contributed by atoms with Gasteiger partial charge in [-0.2, -0.15) is 0 Å². The highest BCUT2D eigenvalue weighted by molar-refractivity contribution is 9.10. The molecule has 2 heteroatoms. The number of rotatable bonds is 1. The number of halogens is 2. The molecule has 0 N–H and O–H groups in total. The van der Waals surface area contributed by atoms with Crippen LogP contribution in [-0.4, -0.2) is 0 Å². The maximum absolute atomic E-state index is 3.47. The van der Waals surface area contributed by atoms with Gasteiger partial charge in [0.15, 0.2) is 0 Å². The predicted octanol–water partition coefficient (Wildman–Crippen LogP) is 3.65. The van der Waals surface area contributed by atoms with E-state index in [1.165, 1.54) is 15.6 Å². The van der Waals surface area contributed by atoms with E-state index in [9.17, 15) is 0 Å². The quantitative estimate of drug-likeness (QED) is 0.679. The van der Waals surface area contributed by atoms with Crippen LogP contribution in [0.4, 0.5) is 0 Å². The lowest BCUT2D eigenvalue weighted by Crippen LogP contribution is -1.83. The van der Waals surface area contributed by atoms with Crippen molar-refractivity contribution in [1.82, 2.24) is 0 Å². The van der Waals surface area contributed by atoms with Crippen LogP contribution in [0.3, 0.4) is 0 Å². The average molecular weight is 264 g/mol. The first-order valence-electron chi connectivity index (χ1n) is 3.05. The monoisotopic (exact) mass is 262 g/mol. The summed E-state index contributed by atoms with van der Waals surface area (Å²) >= 11 is 6.89. The highest BCUT2D eigenvalue weighted by atomic mass is 79.9. The van der Waals surface area contributed by atoms with Crippen molar-refractivity contribution in [2.24, 2.45) is 0 Å². The van der Waals surface area contributed by atoms with E-state index in [2.05, 4.69) is 50.9 Å². The normalized spacial score (nSPS) is 9.90. The van der Waals surface area contributed by atoms with Gasteiger partial charge in [0.05, 0.1) is 0 Å². The Labute approximate surface area is 77.9 Å². The molecule has 1 aromatic rings. The molecule has 0 heterocycles. The molecular formula is C8H8Br2. The Morgan fingerprint density at radius 3 is 2.60 bits per heavy atom. The summed E-state index contributed by atoms with van der Waals surface area (Å²) in [4.78, 5) is 0. The Bertz CT molecular complexity index is 231. The fourth-order valence-electron chi connectivity index (χ4n) is 0.797. The molecule has 0 aliphatic rings. The van der Waals surface area contributed by atoms with E-state index in [1.54, 1.807) is 0 Å². The number of benzene rings is 1. The summed E-state index contributed by atoms with van der Waals surface area (Å²) in [6, 6.07) is 6.23. The fraction of sp³-hybridized carbons (Fsp3) is 0.250. The first-order chi connectivity index (χ1) is 4.75. The van der Waals surface area contributed by atoms with Crippen molar-refractivity contribution in [3.8, 4) is 0 Å². The van der Waals surface area contributed by atoms with Crippen LogP contribution in [-0.2, 0) is 5.33 Å². The third-order valence-electron chi connectivity index (χ3n) is 1.52. The Morgan fingerprint density at radius 2 is 2.10 bits per heavy atom. The van der Waals surface area contributed by atoms with Crippen molar-refractivity contribution in [2.75, 3.05) is 0 Å². The van der Waals surface area contributed by atoms with Crippen molar-refractivity contribution >= 4 is 31.9 Å². The number of hydrogen-bond donors (Lipinski definition) is 0. The van der Waals surface area contributed by atoms with Crippen LogP contribution >= 0.6 is 31.9 Å². The minimum absolute atomic E-state index is 0.929. The van der Waals surface area contributed by atoms with Crippen LogP contribution in [0.2, 0.25) is 0 Å². The van der Waals surface area contributed by atoms with Gasteiger partial charge in [-0.1, -0.05) is 44.0 Å². The first kappa shape index (κ1) is 8.28. The third kappa shape index (κ3) is 1.61. The fourth-order valence-corrected chi connectivity index (χ4v) is 1.81. The second kappa shape index (κ2) is 3.54. The standard InChI is InChI=1S/C8H8Br2/c1-6-7(5-9)3-2-4-8(6)10/h2-4H,5H2,1H3. The molecule has 0 saturated carbocycles. The molecule has 1 aromatic carbocycles. The molecule has 0 nitrogen and oxygen atoms in total. The van der Waals surface area contributed by atoms with Gasteiger partial charge in [-0.15, -0.1) is 0 Å². The minimum Gasteiger partial charge on any atom is -0.0876 e. The predicted molar refractivity (Wildman–Crippen MR) is 51.5 cm³/mol. The molecule has 0 spiro atoms. The Morgan fingerprint density at radius 1 is 1.40 bits per heavy atom. The number of hydrogen-bond acceptors (Lipinski definition) is 0. The van der Waals surface area contributed by atoms with E-state index in [-0.39, 0.29) is 0 Å². The van der Waals surface area contributed by atoms with Crippen LogP contribution in [0.25, 0.3) is 0 Å². The largest absolute Gasteiger partial charge is 0.0876 e. The molecular weight excluding hydrogens is 256 g/mol. The molecule has 10 heavy (non-hydrogen) atoms. The maximum Gasteiger partial charge on any atom is 0.0286 e. The van der Waals surface area contributed by atoms with E-state index >= 15 is 0 Å². The molecule has 1 rings (SSSR count). The van der Waals surface area contributed by atoms with Gasteiger partial charge in [-0.05, 0) is 24.1 Å². The molecule has 0 radical (unpaired) electrons. The molecule has 0 fully saturated rings. The minimum atomic E-state index is 0.929. The molecule has 0 aliphatic heterocycles. The molecule has 0 aromatic heterocycles. The van der Waals surface area contributed by atoms with Gasteiger partial charge < -0.3 is 0 Å². The number of alkyl halides is 1. The lowest BCUT2D eigenvalue weighted by atomic mass is 10.1. The van der Waals surface area contributed by atoms with Crippen LogP contribution in [0, 0.1) is 6.92 Å². The van der Waals surface area contributed by atoms with Gasteiger partial charge in [-0.3, -0.25) is 0 Å². The first-order valence-corrected chi connectivity index (χ1v) is 4.97. The Balaban J connectivity index is 3.14. The second-order valence-corrected chi connectivity index (χ2v) is 3.57. The second-order valence-electron chi connectivity index (χ2n) is 2.16. The Kier molecular flexibility index (Phi) is 2.93. The molecule has 0 saturated heterocycles. The summed E-state index contributed by atoms with van der Waals surface area (Å²) in [6.07, 6.45) is 0. The summed E-state index contributed by atoms with van der Waals surface area (Å²) in [5, 5.41) is 0.929.